The van der Waals surface area contributed by atoms with Gasteiger partial charge in [-0.15, -0.1) is 10.2 Å². The Morgan fingerprint density at radius 2 is 2.04 bits per heavy atom. The average Bonchev–Trinajstić information content (AvgIpc) is 3.35. The first-order chi connectivity index (χ1) is 12.7. The molecule has 0 aliphatic carbocycles. The molecule has 26 heavy (non-hydrogen) atoms. The first-order valence-corrected chi connectivity index (χ1v) is 9.49. The van der Waals surface area contributed by atoms with Crippen LogP contribution in [-0.4, -0.2) is 39.0 Å². The standard InChI is InChI=1S/C17H17ClN6OS/c18-13-5-2-1-4-12(13)14-22-23-16(26-14)21-15(25)17(6-9-19-10-7-17)24-11-3-8-20-24/h1-5,8,11,19H,6-7,9-10H2,(H,21,23,25). The quantitative estimate of drug-likeness (QED) is 0.717. The normalized spacial score (nSPS) is 16.3. The molecule has 2 aromatic heterocycles. The van der Waals surface area contributed by atoms with E-state index < -0.39 is 5.54 Å². The van der Waals surface area contributed by atoms with Crippen LogP contribution in [0.3, 0.4) is 0 Å². The zero-order valence-corrected chi connectivity index (χ0v) is 15.4. The van der Waals surface area contributed by atoms with E-state index in [-0.39, 0.29) is 5.91 Å². The molecule has 2 N–H and O–H groups in total. The van der Waals surface area contributed by atoms with E-state index in [2.05, 4.69) is 25.9 Å². The number of hydrogen-bond acceptors (Lipinski definition) is 6. The van der Waals surface area contributed by atoms with Gasteiger partial charge in [0.25, 0.3) is 5.91 Å². The van der Waals surface area contributed by atoms with Gasteiger partial charge in [-0.2, -0.15) is 5.10 Å². The predicted octanol–water partition coefficient (Wildman–Crippen LogP) is 2.77. The Bertz CT molecular complexity index is 904. The second-order valence-corrected chi connectivity index (χ2v) is 7.46. The number of carbonyl (C=O) groups is 1. The first kappa shape index (κ1) is 17.1. The molecule has 3 heterocycles. The largest absolute Gasteiger partial charge is 0.317 e. The highest BCUT2D eigenvalue weighted by atomic mass is 35.5. The van der Waals surface area contributed by atoms with Gasteiger partial charge >= 0.3 is 0 Å². The fourth-order valence-corrected chi connectivity index (χ4v) is 4.21. The minimum atomic E-state index is -0.717. The molecule has 0 radical (unpaired) electrons. The number of halogens is 1. The Kier molecular flexibility index (Phi) is 4.71. The van der Waals surface area contributed by atoms with E-state index in [0.717, 1.165) is 18.7 Å². The molecule has 1 aliphatic rings. The number of benzene rings is 1. The lowest BCUT2D eigenvalue weighted by molar-refractivity contribution is -0.126. The first-order valence-electron chi connectivity index (χ1n) is 8.30. The number of carbonyl (C=O) groups excluding carboxylic acids is 1. The Labute approximate surface area is 159 Å². The van der Waals surface area contributed by atoms with Crippen LogP contribution >= 0.6 is 22.9 Å². The summed E-state index contributed by atoms with van der Waals surface area (Å²) >= 11 is 7.52. The van der Waals surface area contributed by atoms with E-state index >= 15 is 0 Å². The molecule has 0 atom stereocenters. The molecule has 1 aliphatic heterocycles. The highest BCUT2D eigenvalue weighted by Crippen LogP contribution is 2.33. The molecule has 9 heteroatoms. The number of hydrogen-bond donors (Lipinski definition) is 2. The molecule has 0 bridgehead atoms. The molecule has 7 nitrogen and oxygen atoms in total. The molecule has 1 fully saturated rings. The van der Waals surface area contributed by atoms with Crippen molar-refractivity contribution in [2.24, 2.45) is 0 Å². The van der Waals surface area contributed by atoms with Gasteiger partial charge in [-0.25, -0.2) is 0 Å². The molecule has 1 saturated heterocycles. The molecule has 4 rings (SSSR count). The van der Waals surface area contributed by atoms with Crippen LogP contribution in [0, 0.1) is 0 Å². The van der Waals surface area contributed by atoms with Gasteiger partial charge in [-0.1, -0.05) is 41.1 Å². The summed E-state index contributed by atoms with van der Waals surface area (Å²) < 4.78 is 1.75. The zero-order chi connectivity index (χ0) is 18.0. The van der Waals surface area contributed by atoms with Crippen molar-refractivity contribution in [2.45, 2.75) is 18.4 Å². The molecule has 134 valence electrons. The van der Waals surface area contributed by atoms with Crippen molar-refractivity contribution < 1.29 is 4.79 Å². The topological polar surface area (TPSA) is 84.7 Å². The number of rotatable bonds is 4. The third kappa shape index (κ3) is 3.11. The molecule has 0 spiro atoms. The van der Waals surface area contributed by atoms with Crippen molar-refractivity contribution in [3.8, 4) is 10.6 Å². The minimum absolute atomic E-state index is 0.121. The van der Waals surface area contributed by atoms with Crippen LogP contribution in [0.2, 0.25) is 5.02 Å². The number of amides is 1. The maximum atomic E-state index is 13.1. The van der Waals surface area contributed by atoms with E-state index in [9.17, 15) is 4.79 Å². The minimum Gasteiger partial charge on any atom is -0.317 e. The van der Waals surface area contributed by atoms with E-state index in [4.69, 9.17) is 11.6 Å². The number of nitrogens with one attached hydrogen (secondary N) is 2. The second kappa shape index (κ2) is 7.14. The monoisotopic (exact) mass is 388 g/mol. The van der Waals surface area contributed by atoms with Gasteiger partial charge in [0.15, 0.2) is 5.01 Å². The third-order valence-electron chi connectivity index (χ3n) is 4.55. The number of nitrogens with zero attached hydrogens (tertiary/aromatic N) is 4. The van der Waals surface area contributed by atoms with E-state index in [0.29, 0.717) is 28.0 Å². The van der Waals surface area contributed by atoms with Crippen LogP contribution in [-0.2, 0) is 10.3 Å². The number of anilines is 1. The fourth-order valence-electron chi connectivity index (χ4n) is 3.15. The van der Waals surface area contributed by atoms with Crippen LogP contribution in [0.4, 0.5) is 5.13 Å². The van der Waals surface area contributed by atoms with Crippen LogP contribution in [0.15, 0.2) is 42.7 Å². The van der Waals surface area contributed by atoms with Gasteiger partial charge in [0.1, 0.15) is 5.54 Å². The Morgan fingerprint density at radius 3 is 2.77 bits per heavy atom. The lowest BCUT2D eigenvalue weighted by atomic mass is 9.87. The van der Waals surface area contributed by atoms with Gasteiger partial charge in [0.05, 0.1) is 5.02 Å². The fraction of sp³-hybridized carbons (Fsp3) is 0.294. The van der Waals surface area contributed by atoms with Gasteiger partial charge < -0.3 is 5.32 Å². The smallest absolute Gasteiger partial charge is 0.254 e. The molecule has 1 amide bonds. The van der Waals surface area contributed by atoms with Crippen molar-refractivity contribution in [3.63, 3.8) is 0 Å². The molecule has 1 aromatic carbocycles. The lowest BCUT2D eigenvalue weighted by Crippen LogP contribution is -2.52. The summed E-state index contributed by atoms with van der Waals surface area (Å²) in [6.45, 7) is 1.52. The Balaban J connectivity index is 1.59. The maximum Gasteiger partial charge on any atom is 0.254 e. The average molecular weight is 389 g/mol. The number of piperidine rings is 1. The summed E-state index contributed by atoms with van der Waals surface area (Å²) in [6, 6.07) is 9.27. The summed E-state index contributed by atoms with van der Waals surface area (Å²) in [6.07, 6.45) is 4.85. The van der Waals surface area contributed by atoms with Gasteiger partial charge in [0.2, 0.25) is 5.13 Å². The highest BCUT2D eigenvalue weighted by Gasteiger charge is 2.42. The van der Waals surface area contributed by atoms with Crippen LogP contribution in [0.25, 0.3) is 10.6 Å². The SMILES string of the molecule is O=C(Nc1nnc(-c2ccccc2Cl)s1)C1(n2cccn2)CCNCC1. The Morgan fingerprint density at radius 1 is 1.23 bits per heavy atom. The van der Waals surface area contributed by atoms with Crippen molar-refractivity contribution in [1.82, 2.24) is 25.3 Å². The van der Waals surface area contributed by atoms with Crippen LogP contribution in [0.5, 0.6) is 0 Å². The highest BCUT2D eigenvalue weighted by molar-refractivity contribution is 7.18. The van der Waals surface area contributed by atoms with Crippen molar-refractivity contribution >= 4 is 34.0 Å². The Hall–Kier alpha value is -2.29. The van der Waals surface area contributed by atoms with E-state index in [1.165, 1.54) is 11.3 Å². The van der Waals surface area contributed by atoms with Crippen LogP contribution < -0.4 is 10.6 Å². The van der Waals surface area contributed by atoms with E-state index in [1.54, 1.807) is 16.9 Å². The van der Waals surface area contributed by atoms with E-state index in [1.807, 2.05) is 30.5 Å². The maximum absolute atomic E-state index is 13.1. The van der Waals surface area contributed by atoms with Crippen molar-refractivity contribution in [2.75, 3.05) is 18.4 Å². The molecule has 3 aromatic rings. The van der Waals surface area contributed by atoms with Gasteiger partial charge in [0, 0.05) is 18.0 Å². The molecular weight excluding hydrogens is 372 g/mol. The molecule has 0 unspecified atom stereocenters. The summed E-state index contributed by atoms with van der Waals surface area (Å²) in [5.41, 5.74) is 0.0844. The number of aromatic nitrogens is 4. The molecular formula is C17H17ClN6OS. The second-order valence-electron chi connectivity index (χ2n) is 6.08. The van der Waals surface area contributed by atoms with Crippen molar-refractivity contribution in [3.05, 3.63) is 47.7 Å². The summed E-state index contributed by atoms with van der Waals surface area (Å²) in [4.78, 5) is 13.1. The molecule has 0 saturated carbocycles. The van der Waals surface area contributed by atoms with Gasteiger partial charge in [-0.3, -0.25) is 14.8 Å². The predicted molar refractivity (Wildman–Crippen MR) is 101 cm³/mol. The van der Waals surface area contributed by atoms with Gasteiger partial charge in [-0.05, 0) is 38.1 Å². The summed E-state index contributed by atoms with van der Waals surface area (Å²) in [7, 11) is 0. The zero-order valence-electron chi connectivity index (χ0n) is 13.9. The summed E-state index contributed by atoms with van der Waals surface area (Å²) in [5, 5.41) is 20.5. The lowest BCUT2D eigenvalue weighted by Gasteiger charge is -2.36. The van der Waals surface area contributed by atoms with Crippen molar-refractivity contribution in [1.29, 1.82) is 0 Å². The third-order valence-corrected chi connectivity index (χ3v) is 5.75. The van der Waals surface area contributed by atoms with Crippen LogP contribution in [0.1, 0.15) is 12.8 Å². The summed E-state index contributed by atoms with van der Waals surface area (Å²) in [5.74, 6) is -0.121.